The number of aliphatic hydroxyl groups excluding tert-OH is 1. The van der Waals surface area contributed by atoms with Crippen molar-refractivity contribution in [2.75, 3.05) is 6.61 Å². The Balaban J connectivity index is 1.72. The molecule has 2 N–H and O–H groups in total. The highest BCUT2D eigenvalue weighted by atomic mass is 19.2. The molecule has 1 fully saturated rings. The largest absolute Gasteiger partial charge is 0.395 e. The Morgan fingerprint density at radius 2 is 1.76 bits per heavy atom. The minimum absolute atomic E-state index is 0.0485. The molecule has 1 atom stereocenters. The molecule has 0 bridgehead atoms. The molecule has 0 radical (unpaired) electrons. The lowest BCUT2D eigenvalue weighted by molar-refractivity contribution is 0.0767. The summed E-state index contributed by atoms with van der Waals surface area (Å²) in [6.07, 6.45) is 1.67. The number of benzene rings is 2. The zero-order valence-corrected chi connectivity index (χ0v) is 14.7. The van der Waals surface area contributed by atoms with E-state index in [1.165, 1.54) is 12.1 Å². The lowest BCUT2D eigenvalue weighted by atomic mass is 9.62. The maximum absolute atomic E-state index is 13.6. The predicted octanol–water partition coefficient (Wildman–Crippen LogP) is 4.34. The number of aliphatic hydroxyl groups is 1. The fraction of sp³-hybridized carbons (Fsp3) is 0.429. The first-order valence-corrected chi connectivity index (χ1v) is 8.82. The summed E-state index contributed by atoms with van der Waals surface area (Å²) < 4.78 is 26.8. The van der Waals surface area contributed by atoms with Gasteiger partial charge in [0.25, 0.3) is 0 Å². The van der Waals surface area contributed by atoms with Gasteiger partial charge in [0.05, 0.1) is 6.61 Å². The molecule has 0 aliphatic heterocycles. The molecule has 0 amide bonds. The quantitative estimate of drug-likeness (QED) is 0.816. The van der Waals surface area contributed by atoms with Crippen LogP contribution in [0.2, 0.25) is 0 Å². The Morgan fingerprint density at radius 1 is 1.08 bits per heavy atom. The third kappa shape index (κ3) is 3.60. The van der Waals surface area contributed by atoms with Crippen molar-refractivity contribution >= 4 is 0 Å². The van der Waals surface area contributed by atoms with E-state index in [4.69, 9.17) is 0 Å². The summed E-state index contributed by atoms with van der Waals surface area (Å²) in [7, 11) is 0. The molecule has 2 aromatic rings. The van der Waals surface area contributed by atoms with Gasteiger partial charge >= 0.3 is 0 Å². The summed E-state index contributed by atoms with van der Waals surface area (Å²) in [6.45, 7) is 4.24. The van der Waals surface area contributed by atoms with Crippen molar-refractivity contribution in [1.82, 2.24) is 5.32 Å². The summed E-state index contributed by atoms with van der Waals surface area (Å²) in [5, 5.41) is 13.5. The van der Waals surface area contributed by atoms with E-state index in [2.05, 4.69) is 31.3 Å². The monoisotopic (exact) mass is 345 g/mol. The Morgan fingerprint density at radius 3 is 2.32 bits per heavy atom. The molecule has 1 unspecified atom stereocenters. The average molecular weight is 345 g/mol. The molecule has 3 rings (SSSR count). The van der Waals surface area contributed by atoms with Gasteiger partial charge in [0.2, 0.25) is 0 Å². The van der Waals surface area contributed by atoms with Gasteiger partial charge in [0.15, 0.2) is 11.6 Å². The second-order valence-electron chi connectivity index (χ2n) is 7.47. The minimum atomic E-state index is -0.821. The van der Waals surface area contributed by atoms with E-state index in [0.29, 0.717) is 0 Å². The standard InChI is InChI=1S/C21H25F2NO/c1-14(2)20(15-8-9-18(22)19(23)10-15)24-17-11-21(12-17,13-25)16-6-4-3-5-7-16/h3-10,14,17,20,24-25H,11-13H2,1-2H3. The van der Waals surface area contributed by atoms with Crippen LogP contribution < -0.4 is 5.32 Å². The smallest absolute Gasteiger partial charge is 0.159 e. The second kappa shape index (κ2) is 7.22. The molecule has 0 spiro atoms. The molecule has 25 heavy (non-hydrogen) atoms. The van der Waals surface area contributed by atoms with Gasteiger partial charge in [-0.15, -0.1) is 0 Å². The number of rotatable bonds is 6. The first-order chi connectivity index (χ1) is 11.9. The minimum Gasteiger partial charge on any atom is -0.395 e. The van der Waals surface area contributed by atoms with E-state index in [0.717, 1.165) is 24.0 Å². The highest BCUT2D eigenvalue weighted by molar-refractivity contribution is 5.30. The average Bonchev–Trinajstić information content (AvgIpc) is 2.57. The predicted molar refractivity (Wildman–Crippen MR) is 95.3 cm³/mol. The zero-order valence-electron chi connectivity index (χ0n) is 14.7. The molecule has 134 valence electrons. The van der Waals surface area contributed by atoms with Crippen LogP contribution in [-0.2, 0) is 5.41 Å². The first-order valence-electron chi connectivity index (χ1n) is 8.82. The molecule has 1 aliphatic carbocycles. The van der Waals surface area contributed by atoms with Crippen LogP contribution in [0.25, 0.3) is 0 Å². The van der Waals surface area contributed by atoms with Crippen molar-refractivity contribution in [3.05, 3.63) is 71.3 Å². The number of nitrogens with one attached hydrogen (secondary N) is 1. The Bertz CT molecular complexity index is 711. The van der Waals surface area contributed by atoms with Crippen molar-refractivity contribution in [2.45, 2.75) is 44.2 Å². The van der Waals surface area contributed by atoms with Crippen LogP contribution in [0.1, 0.15) is 43.9 Å². The fourth-order valence-corrected chi connectivity index (χ4v) is 3.88. The van der Waals surface area contributed by atoms with Crippen molar-refractivity contribution in [3.8, 4) is 0 Å². The summed E-state index contributed by atoms with van der Waals surface area (Å²) in [4.78, 5) is 0. The van der Waals surface area contributed by atoms with E-state index in [1.54, 1.807) is 6.07 Å². The molecular weight excluding hydrogens is 320 g/mol. The van der Waals surface area contributed by atoms with Gasteiger partial charge in [-0.25, -0.2) is 8.78 Å². The molecule has 2 nitrogen and oxygen atoms in total. The molecule has 1 saturated carbocycles. The molecule has 2 aromatic carbocycles. The van der Waals surface area contributed by atoms with E-state index in [1.807, 2.05) is 18.2 Å². The van der Waals surface area contributed by atoms with Crippen LogP contribution in [0, 0.1) is 17.6 Å². The summed E-state index contributed by atoms with van der Waals surface area (Å²) in [5.41, 5.74) is 1.72. The Kier molecular flexibility index (Phi) is 5.21. The van der Waals surface area contributed by atoms with Gasteiger partial charge in [-0.2, -0.15) is 0 Å². The van der Waals surface area contributed by atoms with Crippen LogP contribution in [0.4, 0.5) is 8.78 Å². The van der Waals surface area contributed by atoms with Crippen LogP contribution in [-0.4, -0.2) is 17.8 Å². The maximum Gasteiger partial charge on any atom is 0.159 e. The van der Waals surface area contributed by atoms with Crippen LogP contribution >= 0.6 is 0 Å². The highest BCUT2D eigenvalue weighted by Crippen LogP contribution is 2.44. The van der Waals surface area contributed by atoms with E-state index in [9.17, 15) is 13.9 Å². The number of halogens is 2. The molecule has 0 heterocycles. The first kappa shape index (κ1) is 18.0. The number of hydrogen-bond donors (Lipinski definition) is 2. The van der Waals surface area contributed by atoms with E-state index >= 15 is 0 Å². The second-order valence-corrected chi connectivity index (χ2v) is 7.47. The number of hydrogen-bond acceptors (Lipinski definition) is 2. The van der Waals surface area contributed by atoms with Crippen molar-refractivity contribution < 1.29 is 13.9 Å². The highest BCUT2D eigenvalue weighted by Gasteiger charge is 2.45. The third-order valence-corrected chi connectivity index (χ3v) is 5.35. The van der Waals surface area contributed by atoms with E-state index in [-0.39, 0.29) is 30.0 Å². The van der Waals surface area contributed by atoms with Crippen molar-refractivity contribution in [1.29, 1.82) is 0 Å². The van der Waals surface area contributed by atoms with Crippen LogP contribution in [0.3, 0.4) is 0 Å². The van der Waals surface area contributed by atoms with Gasteiger partial charge in [-0.1, -0.05) is 50.2 Å². The fourth-order valence-electron chi connectivity index (χ4n) is 3.88. The van der Waals surface area contributed by atoms with Crippen molar-refractivity contribution in [2.24, 2.45) is 5.92 Å². The van der Waals surface area contributed by atoms with Crippen molar-refractivity contribution in [3.63, 3.8) is 0 Å². The van der Waals surface area contributed by atoms with Gasteiger partial charge in [0.1, 0.15) is 0 Å². The SMILES string of the molecule is CC(C)C(NC1CC(CO)(c2ccccc2)C1)c1ccc(F)c(F)c1. The van der Waals surface area contributed by atoms with Gasteiger partial charge in [0, 0.05) is 17.5 Å². The third-order valence-electron chi connectivity index (χ3n) is 5.35. The molecule has 0 aromatic heterocycles. The summed E-state index contributed by atoms with van der Waals surface area (Å²) >= 11 is 0. The zero-order chi connectivity index (χ0) is 18.0. The lowest BCUT2D eigenvalue weighted by Crippen LogP contribution is -2.54. The molecule has 1 aliphatic rings. The van der Waals surface area contributed by atoms with Crippen LogP contribution in [0.15, 0.2) is 48.5 Å². The molecule has 4 heteroatoms. The maximum atomic E-state index is 13.6. The van der Waals surface area contributed by atoms with Gasteiger partial charge in [-0.3, -0.25) is 0 Å². The molecule has 0 saturated heterocycles. The summed E-state index contributed by atoms with van der Waals surface area (Å²) in [6, 6.07) is 14.4. The molecular formula is C21H25F2NO. The summed E-state index contributed by atoms with van der Waals surface area (Å²) in [5.74, 6) is -1.39. The van der Waals surface area contributed by atoms with E-state index < -0.39 is 11.6 Å². The topological polar surface area (TPSA) is 32.3 Å². The Hall–Kier alpha value is -1.78. The normalized spacial score (nSPS) is 24.2. The Labute approximate surface area is 147 Å². The lowest BCUT2D eigenvalue weighted by Gasteiger charge is -2.49. The van der Waals surface area contributed by atoms with Crippen LogP contribution in [0.5, 0.6) is 0 Å². The van der Waals surface area contributed by atoms with Gasteiger partial charge in [-0.05, 0) is 42.0 Å². The van der Waals surface area contributed by atoms with Gasteiger partial charge < -0.3 is 10.4 Å².